The van der Waals surface area contributed by atoms with E-state index >= 15 is 0 Å². The number of amides is 1. The van der Waals surface area contributed by atoms with Gasteiger partial charge >= 0.3 is 5.97 Å². The van der Waals surface area contributed by atoms with Crippen molar-refractivity contribution in [3.8, 4) is 0 Å². The van der Waals surface area contributed by atoms with Crippen LogP contribution in [-0.4, -0.2) is 47.2 Å². The van der Waals surface area contributed by atoms with Crippen LogP contribution in [0.5, 0.6) is 0 Å². The van der Waals surface area contributed by atoms with E-state index in [1.807, 2.05) is 26.8 Å². The summed E-state index contributed by atoms with van der Waals surface area (Å²) >= 11 is 1.32. The Hall–Kier alpha value is -1.66. The predicted molar refractivity (Wildman–Crippen MR) is 81.6 cm³/mol. The molecule has 2 heterocycles. The molecule has 1 aliphatic rings. The van der Waals surface area contributed by atoms with Crippen LogP contribution >= 0.6 is 11.3 Å². The van der Waals surface area contributed by atoms with E-state index in [1.165, 1.54) is 17.4 Å². The fourth-order valence-electron chi connectivity index (χ4n) is 2.41. The molecule has 0 aliphatic carbocycles. The van der Waals surface area contributed by atoms with Gasteiger partial charge in [-0.1, -0.05) is 0 Å². The molecule has 1 N–H and O–H groups in total. The smallest absolute Gasteiger partial charge is 0.328 e. The van der Waals surface area contributed by atoms with Crippen molar-refractivity contribution in [2.45, 2.75) is 33.0 Å². The molecule has 0 saturated carbocycles. The van der Waals surface area contributed by atoms with Crippen molar-refractivity contribution in [3.63, 3.8) is 0 Å². The minimum atomic E-state index is -0.994. The highest BCUT2D eigenvalue weighted by atomic mass is 32.1. The molecule has 1 aromatic rings. The second-order valence-electron chi connectivity index (χ2n) is 5.30. The minimum Gasteiger partial charge on any atom is -0.478 e. The molecular formula is C15H19NO4S. The number of nitrogens with zero attached hydrogens (tertiary/aromatic N) is 1. The molecule has 1 fully saturated rings. The molecule has 0 spiro atoms. The number of carboxylic acid groups (broad SMARTS) is 1. The molecule has 1 saturated heterocycles. The van der Waals surface area contributed by atoms with Gasteiger partial charge < -0.3 is 14.7 Å². The number of aryl methyl sites for hydroxylation is 1. The maximum Gasteiger partial charge on any atom is 0.328 e. The first kappa shape index (κ1) is 15.7. The first-order valence-electron chi connectivity index (χ1n) is 6.83. The third kappa shape index (κ3) is 3.92. The molecule has 5 nitrogen and oxygen atoms in total. The van der Waals surface area contributed by atoms with Crippen LogP contribution in [0.2, 0.25) is 0 Å². The number of aliphatic carboxylic acids is 1. The largest absolute Gasteiger partial charge is 0.478 e. The number of carbonyl (C=O) groups is 2. The average molecular weight is 309 g/mol. The van der Waals surface area contributed by atoms with Gasteiger partial charge in [0.2, 0.25) is 0 Å². The van der Waals surface area contributed by atoms with E-state index in [0.717, 1.165) is 16.5 Å². The molecule has 2 unspecified atom stereocenters. The Balaban J connectivity index is 2.16. The topological polar surface area (TPSA) is 66.8 Å². The number of hydrogen-bond donors (Lipinski definition) is 1. The highest BCUT2D eigenvalue weighted by molar-refractivity contribution is 7.15. The molecule has 6 heteroatoms. The van der Waals surface area contributed by atoms with E-state index in [1.54, 1.807) is 4.90 Å². The lowest BCUT2D eigenvalue weighted by Gasteiger charge is -2.35. The number of ether oxygens (including phenoxy) is 1. The number of carboxylic acids is 1. The van der Waals surface area contributed by atoms with Crippen LogP contribution in [-0.2, 0) is 9.53 Å². The number of morpholine rings is 1. The van der Waals surface area contributed by atoms with Crippen molar-refractivity contribution >= 4 is 29.3 Å². The number of thiophene rings is 1. The lowest BCUT2D eigenvalue weighted by Crippen LogP contribution is -2.48. The standard InChI is InChI=1S/C15H19NO4S/c1-9-6-13(21-12(9)4-5-14(17)18)15(19)16-7-10(2)20-11(3)8-16/h4-6,10-11H,7-8H2,1-3H3,(H,17,18)/b5-4+. The fourth-order valence-corrected chi connectivity index (χ4v) is 3.46. The lowest BCUT2D eigenvalue weighted by atomic mass is 10.2. The zero-order valence-corrected chi connectivity index (χ0v) is 13.1. The van der Waals surface area contributed by atoms with Crippen molar-refractivity contribution in [3.05, 3.63) is 27.5 Å². The van der Waals surface area contributed by atoms with Crippen molar-refractivity contribution in [2.75, 3.05) is 13.1 Å². The molecule has 0 aromatic carbocycles. The van der Waals surface area contributed by atoms with Gasteiger partial charge in [-0.05, 0) is 38.5 Å². The Kier molecular flexibility index (Phi) is 4.80. The van der Waals surface area contributed by atoms with Gasteiger partial charge in [0.25, 0.3) is 5.91 Å². The first-order valence-corrected chi connectivity index (χ1v) is 7.64. The summed E-state index contributed by atoms with van der Waals surface area (Å²) in [7, 11) is 0. The van der Waals surface area contributed by atoms with Gasteiger partial charge in [0, 0.05) is 24.0 Å². The highest BCUT2D eigenvalue weighted by Crippen LogP contribution is 2.25. The van der Waals surface area contributed by atoms with E-state index < -0.39 is 5.97 Å². The maximum atomic E-state index is 12.5. The van der Waals surface area contributed by atoms with E-state index in [0.29, 0.717) is 18.0 Å². The molecule has 1 aromatic heterocycles. The molecule has 2 atom stereocenters. The Morgan fingerprint density at radius 2 is 2.00 bits per heavy atom. The normalized spacial score (nSPS) is 22.7. The van der Waals surface area contributed by atoms with Crippen molar-refractivity contribution in [1.82, 2.24) is 4.90 Å². The summed E-state index contributed by atoms with van der Waals surface area (Å²) in [6.45, 7) is 6.95. The van der Waals surface area contributed by atoms with E-state index in [9.17, 15) is 9.59 Å². The van der Waals surface area contributed by atoms with Crippen LogP contribution in [0.25, 0.3) is 6.08 Å². The Morgan fingerprint density at radius 3 is 2.57 bits per heavy atom. The summed E-state index contributed by atoms with van der Waals surface area (Å²) in [5, 5.41) is 8.67. The molecule has 21 heavy (non-hydrogen) atoms. The van der Waals surface area contributed by atoms with E-state index in [4.69, 9.17) is 9.84 Å². The second kappa shape index (κ2) is 6.41. The molecule has 114 valence electrons. The SMILES string of the molecule is Cc1cc(C(=O)N2CC(C)OC(C)C2)sc1/C=C/C(=O)O. The van der Waals surface area contributed by atoms with Crippen LogP contribution in [0.1, 0.15) is 34.0 Å². The van der Waals surface area contributed by atoms with Crippen LogP contribution in [0, 0.1) is 6.92 Å². The van der Waals surface area contributed by atoms with E-state index in [-0.39, 0.29) is 18.1 Å². The monoisotopic (exact) mass is 309 g/mol. The van der Waals surface area contributed by atoms with Crippen molar-refractivity contribution in [2.24, 2.45) is 0 Å². The zero-order chi connectivity index (χ0) is 15.6. The Labute approximate surface area is 127 Å². The van der Waals surface area contributed by atoms with Gasteiger partial charge in [0.15, 0.2) is 0 Å². The predicted octanol–water partition coefficient (Wildman–Crippen LogP) is 2.40. The Morgan fingerprint density at radius 1 is 1.38 bits per heavy atom. The van der Waals surface area contributed by atoms with Crippen LogP contribution < -0.4 is 0 Å². The van der Waals surface area contributed by atoms with Crippen LogP contribution in [0.15, 0.2) is 12.1 Å². The van der Waals surface area contributed by atoms with Gasteiger partial charge in [-0.3, -0.25) is 4.79 Å². The molecular weight excluding hydrogens is 290 g/mol. The molecule has 2 rings (SSSR count). The van der Waals surface area contributed by atoms with Gasteiger partial charge in [0.05, 0.1) is 17.1 Å². The maximum absolute atomic E-state index is 12.5. The third-order valence-corrected chi connectivity index (χ3v) is 4.44. The highest BCUT2D eigenvalue weighted by Gasteiger charge is 2.27. The van der Waals surface area contributed by atoms with Crippen molar-refractivity contribution < 1.29 is 19.4 Å². The third-order valence-electron chi connectivity index (χ3n) is 3.25. The summed E-state index contributed by atoms with van der Waals surface area (Å²) < 4.78 is 5.63. The van der Waals surface area contributed by atoms with Gasteiger partial charge in [-0.15, -0.1) is 11.3 Å². The average Bonchev–Trinajstić information content (AvgIpc) is 2.75. The van der Waals surface area contributed by atoms with Gasteiger partial charge in [0.1, 0.15) is 0 Å². The van der Waals surface area contributed by atoms with E-state index in [2.05, 4.69) is 0 Å². The second-order valence-corrected chi connectivity index (χ2v) is 6.38. The molecule has 0 radical (unpaired) electrons. The fraction of sp³-hybridized carbons (Fsp3) is 0.467. The van der Waals surface area contributed by atoms with Gasteiger partial charge in [-0.25, -0.2) is 4.79 Å². The number of rotatable bonds is 3. The summed E-state index contributed by atoms with van der Waals surface area (Å²) in [6, 6.07) is 1.82. The molecule has 0 bridgehead atoms. The number of hydrogen-bond acceptors (Lipinski definition) is 4. The quantitative estimate of drug-likeness (QED) is 0.871. The zero-order valence-electron chi connectivity index (χ0n) is 12.3. The summed E-state index contributed by atoms with van der Waals surface area (Å²) in [4.78, 5) is 26.3. The summed E-state index contributed by atoms with van der Waals surface area (Å²) in [5.74, 6) is -1.01. The Bertz CT molecular complexity index is 568. The van der Waals surface area contributed by atoms with Crippen molar-refractivity contribution in [1.29, 1.82) is 0 Å². The molecule has 1 amide bonds. The van der Waals surface area contributed by atoms with Crippen LogP contribution in [0.4, 0.5) is 0 Å². The molecule has 1 aliphatic heterocycles. The number of carbonyl (C=O) groups excluding carboxylic acids is 1. The minimum absolute atomic E-state index is 0.0138. The first-order chi connectivity index (χ1) is 9.86. The lowest BCUT2D eigenvalue weighted by molar-refractivity contribution is -0.131. The van der Waals surface area contributed by atoms with Gasteiger partial charge in [-0.2, -0.15) is 0 Å². The summed E-state index contributed by atoms with van der Waals surface area (Å²) in [6.07, 6.45) is 2.69. The van der Waals surface area contributed by atoms with Crippen LogP contribution in [0.3, 0.4) is 0 Å². The summed E-state index contributed by atoms with van der Waals surface area (Å²) in [5.41, 5.74) is 0.912.